The van der Waals surface area contributed by atoms with Gasteiger partial charge in [-0.15, -0.1) is 0 Å². The van der Waals surface area contributed by atoms with Gasteiger partial charge in [0.2, 0.25) is 0 Å². The third-order valence-electron chi connectivity index (χ3n) is 13.8. The van der Waals surface area contributed by atoms with Crippen molar-refractivity contribution in [1.82, 2.24) is 15.0 Å². The van der Waals surface area contributed by atoms with E-state index >= 15 is 0 Å². The molecular formula is C64H41N3. The molecule has 67 heavy (non-hydrogen) atoms. The Morgan fingerprint density at radius 3 is 1.48 bits per heavy atom. The van der Waals surface area contributed by atoms with Crippen LogP contribution in [0, 0.1) is 0 Å². The molecule has 13 rings (SSSR count). The van der Waals surface area contributed by atoms with Gasteiger partial charge in [-0.1, -0.05) is 218 Å². The van der Waals surface area contributed by atoms with E-state index in [4.69, 9.17) is 15.0 Å². The SMILES string of the molecule is c1ccc(-c2ccc(-c3nc(-c4ccc(-c5cccc(-c6nc7ccccc7c7cc8c(cc67)-c6ccccc6C8(c6ccccc6)c6ccccc6)c5)cc4)nc4ccccc34)cc2)cc1. The lowest BCUT2D eigenvalue weighted by atomic mass is 9.67. The van der Waals surface area contributed by atoms with Gasteiger partial charge in [0.15, 0.2) is 5.82 Å². The molecule has 2 aromatic heterocycles. The average Bonchev–Trinajstić information content (AvgIpc) is 3.70. The van der Waals surface area contributed by atoms with Crippen molar-refractivity contribution < 1.29 is 0 Å². The van der Waals surface area contributed by atoms with Gasteiger partial charge < -0.3 is 0 Å². The summed E-state index contributed by atoms with van der Waals surface area (Å²) in [7, 11) is 0. The minimum absolute atomic E-state index is 0.493. The van der Waals surface area contributed by atoms with E-state index in [1.165, 1.54) is 49.9 Å². The van der Waals surface area contributed by atoms with Crippen LogP contribution in [0.1, 0.15) is 22.3 Å². The molecule has 0 unspecified atom stereocenters. The molecule has 1 aliphatic carbocycles. The second-order valence-corrected chi connectivity index (χ2v) is 17.5. The molecule has 0 bridgehead atoms. The highest BCUT2D eigenvalue weighted by Crippen LogP contribution is 2.57. The molecule has 0 aliphatic heterocycles. The van der Waals surface area contributed by atoms with Crippen LogP contribution in [0.15, 0.2) is 249 Å². The third kappa shape index (κ3) is 6.31. The number of hydrogen-bond acceptors (Lipinski definition) is 3. The fourth-order valence-electron chi connectivity index (χ4n) is 10.6. The van der Waals surface area contributed by atoms with E-state index in [0.29, 0.717) is 5.82 Å². The number of hydrogen-bond donors (Lipinski definition) is 0. The summed E-state index contributed by atoms with van der Waals surface area (Å²) in [5, 5.41) is 4.50. The average molecular weight is 852 g/mol. The molecule has 3 nitrogen and oxygen atoms in total. The maximum absolute atomic E-state index is 5.46. The van der Waals surface area contributed by atoms with Gasteiger partial charge in [0.25, 0.3) is 0 Å². The number of para-hydroxylation sites is 2. The molecule has 0 atom stereocenters. The molecule has 0 N–H and O–H groups in total. The summed E-state index contributed by atoms with van der Waals surface area (Å²) in [6, 6.07) is 89.4. The van der Waals surface area contributed by atoms with Crippen molar-refractivity contribution in [2.45, 2.75) is 5.41 Å². The molecule has 312 valence electrons. The summed E-state index contributed by atoms with van der Waals surface area (Å²) in [6.07, 6.45) is 0. The molecule has 0 saturated carbocycles. The normalized spacial score (nSPS) is 12.6. The summed E-state index contributed by atoms with van der Waals surface area (Å²) in [6.45, 7) is 0. The lowest BCUT2D eigenvalue weighted by Gasteiger charge is -2.34. The Morgan fingerprint density at radius 2 is 0.761 bits per heavy atom. The zero-order chi connectivity index (χ0) is 44.3. The van der Waals surface area contributed by atoms with E-state index in [0.717, 1.165) is 66.4 Å². The van der Waals surface area contributed by atoms with Crippen LogP contribution in [0.5, 0.6) is 0 Å². The van der Waals surface area contributed by atoms with Crippen molar-refractivity contribution in [3.8, 4) is 67.3 Å². The van der Waals surface area contributed by atoms with E-state index in [1.54, 1.807) is 0 Å². The van der Waals surface area contributed by atoms with Gasteiger partial charge in [0, 0.05) is 32.8 Å². The summed E-state index contributed by atoms with van der Waals surface area (Å²) in [4.78, 5) is 15.7. The van der Waals surface area contributed by atoms with Gasteiger partial charge in [-0.05, 0) is 91.4 Å². The van der Waals surface area contributed by atoms with Gasteiger partial charge in [0.05, 0.1) is 27.8 Å². The summed E-state index contributed by atoms with van der Waals surface area (Å²) in [5.41, 5.74) is 18.6. The first-order chi connectivity index (χ1) is 33.2. The van der Waals surface area contributed by atoms with Gasteiger partial charge >= 0.3 is 0 Å². The number of pyridine rings is 1. The second kappa shape index (κ2) is 15.7. The number of aromatic nitrogens is 3. The van der Waals surface area contributed by atoms with Crippen LogP contribution in [0.4, 0.5) is 0 Å². The Kier molecular flexibility index (Phi) is 9.07. The van der Waals surface area contributed by atoms with Crippen LogP contribution in [-0.2, 0) is 5.41 Å². The van der Waals surface area contributed by atoms with E-state index in [1.807, 2.05) is 12.1 Å². The van der Waals surface area contributed by atoms with Gasteiger partial charge in [-0.25, -0.2) is 15.0 Å². The first-order valence-corrected chi connectivity index (χ1v) is 22.9. The quantitative estimate of drug-likeness (QED) is 0.150. The molecule has 1 aliphatic rings. The molecule has 0 radical (unpaired) electrons. The van der Waals surface area contributed by atoms with Crippen molar-refractivity contribution >= 4 is 32.6 Å². The Balaban J connectivity index is 0.918. The predicted molar refractivity (Wildman–Crippen MR) is 277 cm³/mol. The first-order valence-electron chi connectivity index (χ1n) is 22.9. The standard InChI is InChI=1S/C64H41N3/c1-4-17-42(18-5-1)43-31-35-45(36-32-43)61-53-27-12-15-30-60(53)66-63(67-61)46-37-33-44(34-38-46)47-19-16-20-48(39-47)62-56-40-55-51-25-10-13-28-57(51)64(49-21-6-2-7-22-49,50-23-8-3-9-24-50)58(55)41-54(56)52-26-11-14-29-59(52)65-62/h1-41H. The lowest BCUT2D eigenvalue weighted by molar-refractivity contribution is 0.769. The van der Waals surface area contributed by atoms with Crippen LogP contribution >= 0.6 is 0 Å². The predicted octanol–water partition coefficient (Wildman–Crippen LogP) is 16.0. The molecule has 12 aromatic rings. The molecular weight excluding hydrogens is 811 g/mol. The van der Waals surface area contributed by atoms with Crippen LogP contribution in [0.25, 0.3) is 99.9 Å². The highest BCUT2D eigenvalue weighted by Gasteiger charge is 2.46. The Hall–Kier alpha value is -8.79. The van der Waals surface area contributed by atoms with E-state index in [2.05, 4.69) is 237 Å². The van der Waals surface area contributed by atoms with Crippen molar-refractivity contribution in [1.29, 1.82) is 0 Å². The van der Waals surface area contributed by atoms with Crippen LogP contribution in [-0.4, -0.2) is 15.0 Å². The molecule has 0 spiro atoms. The highest BCUT2D eigenvalue weighted by atomic mass is 14.9. The monoisotopic (exact) mass is 851 g/mol. The maximum atomic E-state index is 5.46. The van der Waals surface area contributed by atoms with Crippen molar-refractivity contribution in [3.63, 3.8) is 0 Å². The molecule has 3 heteroatoms. The zero-order valence-corrected chi connectivity index (χ0v) is 36.5. The Bertz CT molecular complexity index is 3790. The van der Waals surface area contributed by atoms with Crippen LogP contribution in [0.3, 0.4) is 0 Å². The summed E-state index contributed by atoms with van der Waals surface area (Å²) >= 11 is 0. The van der Waals surface area contributed by atoms with E-state index < -0.39 is 5.41 Å². The summed E-state index contributed by atoms with van der Waals surface area (Å²) in [5.74, 6) is 0.700. The molecule has 10 aromatic carbocycles. The molecule has 0 saturated heterocycles. The second-order valence-electron chi connectivity index (χ2n) is 17.5. The van der Waals surface area contributed by atoms with Crippen molar-refractivity contribution in [2.24, 2.45) is 0 Å². The largest absolute Gasteiger partial charge is 0.247 e. The summed E-state index contributed by atoms with van der Waals surface area (Å²) < 4.78 is 0. The lowest BCUT2D eigenvalue weighted by Crippen LogP contribution is -2.28. The van der Waals surface area contributed by atoms with E-state index in [-0.39, 0.29) is 0 Å². The third-order valence-corrected chi connectivity index (χ3v) is 13.8. The number of fused-ring (bicyclic) bond motifs is 7. The zero-order valence-electron chi connectivity index (χ0n) is 36.5. The topological polar surface area (TPSA) is 38.7 Å². The van der Waals surface area contributed by atoms with Gasteiger partial charge in [-0.2, -0.15) is 0 Å². The first kappa shape index (κ1) is 38.6. The number of benzene rings is 10. The number of rotatable bonds is 7. The number of nitrogens with zero attached hydrogens (tertiary/aromatic N) is 3. The highest BCUT2D eigenvalue weighted by molar-refractivity contribution is 6.13. The molecule has 0 amide bonds. The van der Waals surface area contributed by atoms with Gasteiger partial charge in [-0.3, -0.25) is 0 Å². The minimum Gasteiger partial charge on any atom is -0.247 e. The van der Waals surface area contributed by atoms with Crippen molar-refractivity contribution in [3.05, 3.63) is 271 Å². The molecule has 2 heterocycles. The minimum atomic E-state index is -0.493. The van der Waals surface area contributed by atoms with Crippen LogP contribution in [0.2, 0.25) is 0 Å². The van der Waals surface area contributed by atoms with Crippen LogP contribution < -0.4 is 0 Å². The Morgan fingerprint density at radius 1 is 0.254 bits per heavy atom. The van der Waals surface area contributed by atoms with Crippen molar-refractivity contribution in [2.75, 3.05) is 0 Å². The van der Waals surface area contributed by atoms with Gasteiger partial charge in [0.1, 0.15) is 0 Å². The fraction of sp³-hybridized carbons (Fsp3) is 0.0156. The Labute approximate surface area is 389 Å². The molecule has 0 fully saturated rings. The smallest absolute Gasteiger partial charge is 0.160 e. The van der Waals surface area contributed by atoms with E-state index in [9.17, 15) is 0 Å². The fourth-order valence-corrected chi connectivity index (χ4v) is 10.6. The maximum Gasteiger partial charge on any atom is 0.160 e.